The molecule has 4 heterocycles. The van der Waals surface area contributed by atoms with E-state index >= 15 is 0 Å². The van der Waals surface area contributed by atoms with Crippen molar-refractivity contribution in [1.82, 2.24) is 24.8 Å². The minimum absolute atomic E-state index is 0.526. The molecule has 3 fully saturated rings. The SMILES string of the molecule is CCN(c1ncnc2c(N3CCOCC3)nc(N3CCC(N(C)C)CC3)nc12)C1CCCCC1. The van der Waals surface area contributed by atoms with Crippen LogP contribution in [0.25, 0.3) is 11.0 Å². The molecule has 1 aliphatic carbocycles. The Hall–Kier alpha value is -2.26. The topological polar surface area (TPSA) is 73.8 Å². The van der Waals surface area contributed by atoms with Gasteiger partial charge in [-0.05, 0) is 46.7 Å². The number of hydrogen-bond donors (Lipinski definition) is 0. The molecule has 186 valence electrons. The summed E-state index contributed by atoms with van der Waals surface area (Å²) < 4.78 is 5.63. The van der Waals surface area contributed by atoms with Gasteiger partial charge in [0.15, 0.2) is 11.6 Å². The van der Waals surface area contributed by atoms with Crippen LogP contribution in [0, 0.1) is 0 Å². The smallest absolute Gasteiger partial charge is 0.228 e. The van der Waals surface area contributed by atoms with E-state index in [0.29, 0.717) is 12.1 Å². The van der Waals surface area contributed by atoms with Crippen LogP contribution in [0.1, 0.15) is 51.9 Å². The van der Waals surface area contributed by atoms with Crippen molar-refractivity contribution in [3.05, 3.63) is 6.33 Å². The van der Waals surface area contributed by atoms with Gasteiger partial charge in [-0.15, -0.1) is 0 Å². The van der Waals surface area contributed by atoms with Crippen molar-refractivity contribution >= 4 is 28.6 Å². The Morgan fingerprint density at radius 2 is 1.59 bits per heavy atom. The number of hydrogen-bond acceptors (Lipinski definition) is 9. The second-order valence-corrected chi connectivity index (χ2v) is 10.1. The summed E-state index contributed by atoms with van der Waals surface area (Å²) in [6.07, 6.45) is 10.4. The fourth-order valence-electron chi connectivity index (χ4n) is 5.81. The van der Waals surface area contributed by atoms with Crippen LogP contribution in [-0.4, -0.2) is 97.0 Å². The van der Waals surface area contributed by atoms with E-state index in [4.69, 9.17) is 24.7 Å². The van der Waals surface area contributed by atoms with Crippen LogP contribution in [-0.2, 0) is 4.74 Å². The van der Waals surface area contributed by atoms with E-state index in [0.717, 1.165) is 87.4 Å². The zero-order chi connectivity index (χ0) is 23.5. The number of anilines is 3. The third-order valence-electron chi connectivity index (χ3n) is 7.85. The van der Waals surface area contributed by atoms with E-state index in [1.807, 2.05) is 0 Å². The maximum atomic E-state index is 5.63. The number of morpholine rings is 1. The van der Waals surface area contributed by atoms with Crippen molar-refractivity contribution in [2.75, 3.05) is 74.7 Å². The van der Waals surface area contributed by atoms with Gasteiger partial charge in [-0.3, -0.25) is 0 Å². The quantitative estimate of drug-likeness (QED) is 0.636. The fraction of sp³-hybridized carbons (Fsp3) is 0.760. The normalized spacial score (nSPS) is 20.9. The Kier molecular flexibility index (Phi) is 7.29. The number of aromatic nitrogens is 4. The molecule has 0 bridgehead atoms. The van der Waals surface area contributed by atoms with Gasteiger partial charge in [-0.2, -0.15) is 4.98 Å². The lowest BCUT2D eigenvalue weighted by Crippen LogP contribution is -2.43. The molecule has 5 rings (SSSR count). The largest absolute Gasteiger partial charge is 0.378 e. The molecule has 0 amide bonds. The summed E-state index contributed by atoms with van der Waals surface area (Å²) >= 11 is 0. The summed E-state index contributed by atoms with van der Waals surface area (Å²) in [5.74, 6) is 2.73. The van der Waals surface area contributed by atoms with Crippen LogP contribution < -0.4 is 14.7 Å². The first-order valence-electron chi connectivity index (χ1n) is 13.2. The average Bonchev–Trinajstić information content (AvgIpc) is 2.90. The van der Waals surface area contributed by atoms with Crippen molar-refractivity contribution in [1.29, 1.82) is 0 Å². The molecule has 2 aromatic rings. The summed E-state index contributed by atoms with van der Waals surface area (Å²) in [5.41, 5.74) is 1.77. The number of rotatable bonds is 6. The van der Waals surface area contributed by atoms with Crippen molar-refractivity contribution in [2.45, 2.75) is 64.0 Å². The highest BCUT2D eigenvalue weighted by atomic mass is 16.5. The molecule has 0 N–H and O–H groups in total. The zero-order valence-corrected chi connectivity index (χ0v) is 21.1. The van der Waals surface area contributed by atoms with E-state index in [-0.39, 0.29) is 0 Å². The fourth-order valence-corrected chi connectivity index (χ4v) is 5.81. The summed E-state index contributed by atoms with van der Waals surface area (Å²) in [5, 5.41) is 0. The number of ether oxygens (including phenoxy) is 1. The van der Waals surface area contributed by atoms with Crippen LogP contribution in [0.15, 0.2) is 6.33 Å². The standard InChI is InChI=1S/C25H40N8O/c1-4-33(20-8-6-5-7-9-20)23-22-21(26-18-27-23)24(31-14-16-34-17-15-31)29-25(28-22)32-12-10-19(11-13-32)30(2)3/h18-20H,4-17H2,1-3H3. The molecule has 0 radical (unpaired) electrons. The molecule has 0 spiro atoms. The molecule has 0 atom stereocenters. The van der Waals surface area contributed by atoms with Crippen LogP contribution in [0.2, 0.25) is 0 Å². The van der Waals surface area contributed by atoms with Gasteiger partial charge in [0.05, 0.1) is 13.2 Å². The molecule has 34 heavy (non-hydrogen) atoms. The Balaban J connectivity index is 1.56. The molecular weight excluding hydrogens is 428 g/mol. The maximum Gasteiger partial charge on any atom is 0.228 e. The van der Waals surface area contributed by atoms with Gasteiger partial charge in [0.25, 0.3) is 0 Å². The van der Waals surface area contributed by atoms with Crippen molar-refractivity contribution in [3.8, 4) is 0 Å². The number of nitrogens with zero attached hydrogens (tertiary/aromatic N) is 8. The third-order valence-corrected chi connectivity index (χ3v) is 7.85. The van der Waals surface area contributed by atoms with E-state index in [1.54, 1.807) is 6.33 Å². The van der Waals surface area contributed by atoms with E-state index in [2.05, 4.69) is 40.6 Å². The Bertz CT molecular complexity index is 949. The predicted octanol–water partition coefficient (Wildman–Crippen LogP) is 2.95. The Labute approximate surface area is 203 Å². The average molecular weight is 469 g/mol. The molecule has 9 heteroatoms. The number of piperidine rings is 1. The highest BCUT2D eigenvalue weighted by molar-refractivity contribution is 5.94. The van der Waals surface area contributed by atoms with Gasteiger partial charge in [0.1, 0.15) is 17.4 Å². The van der Waals surface area contributed by atoms with Crippen LogP contribution in [0.3, 0.4) is 0 Å². The lowest BCUT2D eigenvalue weighted by molar-refractivity contribution is 0.122. The van der Waals surface area contributed by atoms with Gasteiger partial charge < -0.3 is 24.3 Å². The first-order valence-corrected chi connectivity index (χ1v) is 13.2. The molecule has 9 nitrogen and oxygen atoms in total. The number of fused-ring (bicyclic) bond motifs is 1. The lowest BCUT2D eigenvalue weighted by Gasteiger charge is -2.37. The Morgan fingerprint density at radius 3 is 2.26 bits per heavy atom. The maximum absolute atomic E-state index is 5.63. The molecule has 2 aliphatic heterocycles. The molecule has 2 saturated heterocycles. The molecule has 3 aliphatic rings. The predicted molar refractivity (Wildman–Crippen MR) is 137 cm³/mol. The Morgan fingerprint density at radius 1 is 0.853 bits per heavy atom. The summed E-state index contributed by atoms with van der Waals surface area (Å²) in [6.45, 7) is 8.20. The highest BCUT2D eigenvalue weighted by Crippen LogP contribution is 2.34. The van der Waals surface area contributed by atoms with Crippen LogP contribution >= 0.6 is 0 Å². The van der Waals surface area contributed by atoms with E-state index in [9.17, 15) is 0 Å². The van der Waals surface area contributed by atoms with E-state index in [1.165, 1.54) is 32.1 Å². The van der Waals surface area contributed by atoms with Crippen molar-refractivity contribution < 1.29 is 4.74 Å². The van der Waals surface area contributed by atoms with Gasteiger partial charge in [0.2, 0.25) is 5.95 Å². The summed E-state index contributed by atoms with van der Waals surface area (Å²) in [7, 11) is 4.36. The summed E-state index contributed by atoms with van der Waals surface area (Å²) in [4.78, 5) is 29.3. The zero-order valence-electron chi connectivity index (χ0n) is 21.1. The van der Waals surface area contributed by atoms with Crippen LogP contribution in [0.4, 0.5) is 17.6 Å². The molecule has 0 unspecified atom stereocenters. The van der Waals surface area contributed by atoms with Gasteiger partial charge in [-0.1, -0.05) is 19.3 Å². The van der Waals surface area contributed by atoms with Crippen molar-refractivity contribution in [3.63, 3.8) is 0 Å². The molecule has 0 aromatic carbocycles. The second kappa shape index (κ2) is 10.6. The minimum atomic E-state index is 0.526. The minimum Gasteiger partial charge on any atom is -0.378 e. The molecular formula is C25H40N8O. The van der Waals surface area contributed by atoms with Gasteiger partial charge in [-0.25, -0.2) is 15.0 Å². The summed E-state index contributed by atoms with van der Waals surface area (Å²) in [6, 6.07) is 1.15. The van der Waals surface area contributed by atoms with Gasteiger partial charge in [0, 0.05) is 44.8 Å². The molecule has 1 saturated carbocycles. The monoisotopic (exact) mass is 468 g/mol. The van der Waals surface area contributed by atoms with Crippen LogP contribution in [0.5, 0.6) is 0 Å². The van der Waals surface area contributed by atoms with E-state index < -0.39 is 0 Å². The molecule has 2 aromatic heterocycles. The third kappa shape index (κ3) is 4.77. The second-order valence-electron chi connectivity index (χ2n) is 10.1. The lowest BCUT2D eigenvalue weighted by atomic mass is 9.94. The van der Waals surface area contributed by atoms with Gasteiger partial charge >= 0.3 is 0 Å². The first-order chi connectivity index (χ1) is 16.7. The van der Waals surface area contributed by atoms with Crippen molar-refractivity contribution in [2.24, 2.45) is 0 Å². The highest BCUT2D eigenvalue weighted by Gasteiger charge is 2.28. The first kappa shape index (κ1) is 23.5.